The number of nitrogens with one attached hydrogen (secondary N) is 1. The van der Waals surface area contributed by atoms with Crippen LogP contribution >= 0.6 is 0 Å². The third-order valence-electron chi connectivity index (χ3n) is 5.63. The van der Waals surface area contributed by atoms with Crippen molar-refractivity contribution in [2.24, 2.45) is 5.92 Å². The smallest absolute Gasteiger partial charge is 0.243 e. The highest BCUT2D eigenvalue weighted by Gasteiger charge is 2.40. The van der Waals surface area contributed by atoms with Crippen LogP contribution in [0.25, 0.3) is 0 Å². The summed E-state index contributed by atoms with van der Waals surface area (Å²) >= 11 is 0. The van der Waals surface area contributed by atoms with E-state index in [0.717, 1.165) is 44.9 Å². The number of amides is 1. The second-order valence-corrected chi connectivity index (χ2v) is 9.31. The van der Waals surface area contributed by atoms with Crippen LogP contribution in [0.4, 0.5) is 0 Å². The fourth-order valence-corrected chi connectivity index (χ4v) is 5.88. The van der Waals surface area contributed by atoms with E-state index in [9.17, 15) is 13.2 Å². The molecule has 1 aliphatic heterocycles. The van der Waals surface area contributed by atoms with Gasteiger partial charge in [0.15, 0.2) is 0 Å². The Bertz CT molecular complexity index is 799. The first-order chi connectivity index (χ1) is 13.0. The molecule has 1 aliphatic carbocycles. The number of nitriles is 1. The highest BCUT2D eigenvalue weighted by atomic mass is 32.2. The zero-order chi connectivity index (χ0) is 19.3. The van der Waals surface area contributed by atoms with Crippen molar-refractivity contribution in [3.05, 3.63) is 29.8 Å². The second kappa shape index (κ2) is 8.85. The average Bonchev–Trinajstić information content (AvgIpc) is 2.73. The van der Waals surface area contributed by atoms with Crippen LogP contribution in [-0.4, -0.2) is 37.8 Å². The van der Waals surface area contributed by atoms with Gasteiger partial charge in [0.05, 0.1) is 22.4 Å². The molecule has 1 saturated heterocycles. The van der Waals surface area contributed by atoms with Crippen LogP contribution in [0.3, 0.4) is 0 Å². The molecule has 1 amide bonds. The molecule has 2 atom stereocenters. The molecule has 2 unspecified atom stereocenters. The van der Waals surface area contributed by atoms with Gasteiger partial charge in [-0.1, -0.05) is 25.7 Å². The van der Waals surface area contributed by atoms with Gasteiger partial charge in [0.25, 0.3) is 0 Å². The molecule has 0 aromatic heterocycles. The predicted octanol–water partition coefficient (Wildman–Crippen LogP) is 2.80. The molecule has 27 heavy (non-hydrogen) atoms. The fraction of sp³-hybridized carbons (Fsp3) is 0.600. The molecular weight excluding hydrogens is 362 g/mol. The van der Waals surface area contributed by atoms with Crippen LogP contribution in [0.15, 0.2) is 29.2 Å². The number of benzene rings is 1. The van der Waals surface area contributed by atoms with E-state index < -0.39 is 10.0 Å². The number of carbonyl (C=O) groups excluding carboxylic acids is 1. The van der Waals surface area contributed by atoms with Gasteiger partial charge in [0, 0.05) is 19.1 Å². The van der Waals surface area contributed by atoms with Crippen molar-refractivity contribution in [2.75, 3.05) is 13.1 Å². The van der Waals surface area contributed by atoms with Crippen LogP contribution in [0.5, 0.6) is 0 Å². The van der Waals surface area contributed by atoms with Gasteiger partial charge in [-0.25, -0.2) is 8.42 Å². The largest absolute Gasteiger partial charge is 0.356 e. The van der Waals surface area contributed by atoms with Crippen LogP contribution in [0.2, 0.25) is 0 Å². The molecule has 1 aromatic rings. The summed E-state index contributed by atoms with van der Waals surface area (Å²) in [7, 11) is -3.72. The first kappa shape index (κ1) is 19.8. The van der Waals surface area contributed by atoms with Crippen LogP contribution in [0, 0.1) is 17.2 Å². The molecule has 1 aromatic carbocycles. The van der Waals surface area contributed by atoms with Crippen LogP contribution in [0.1, 0.15) is 56.9 Å². The highest BCUT2D eigenvalue weighted by Crippen LogP contribution is 2.33. The number of nitrogens with zero attached hydrogens (tertiary/aromatic N) is 2. The highest BCUT2D eigenvalue weighted by molar-refractivity contribution is 7.89. The molecular formula is C20H27N3O3S. The standard InChI is InChI=1S/C20H27N3O3S/c21-15-16-9-11-17(12-10-16)27(25,26)23-14-6-2-1-5-13-22-20(24)18-7-3-4-8-19(18)23/h9-12,18-19H,1-8,13-14H2,(H,22,24). The van der Waals surface area contributed by atoms with Gasteiger partial charge in [0.2, 0.25) is 15.9 Å². The number of hydrogen-bond donors (Lipinski definition) is 1. The summed E-state index contributed by atoms with van der Waals surface area (Å²) in [5, 5.41) is 12.0. The maximum Gasteiger partial charge on any atom is 0.243 e. The molecule has 3 rings (SSSR count). The zero-order valence-corrected chi connectivity index (χ0v) is 16.4. The van der Waals surface area contributed by atoms with E-state index in [1.165, 1.54) is 24.3 Å². The number of carbonyl (C=O) groups is 1. The maximum absolute atomic E-state index is 13.4. The number of hydrogen-bond acceptors (Lipinski definition) is 4. The van der Waals surface area contributed by atoms with Crippen LogP contribution in [-0.2, 0) is 14.8 Å². The quantitative estimate of drug-likeness (QED) is 0.842. The molecule has 7 heteroatoms. The monoisotopic (exact) mass is 389 g/mol. The molecule has 1 saturated carbocycles. The minimum Gasteiger partial charge on any atom is -0.356 e. The molecule has 0 radical (unpaired) electrons. The molecule has 2 aliphatic rings. The zero-order valence-electron chi connectivity index (χ0n) is 15.6. The van der Waals surface area contributed by atoms with Crippen molar-refractivity contribution in [3.8, 4) is 6.07 Å². The molecule has 146 valence electrons. The molecule has 0 bridgehead atoms. The summed E-state index contributed by atoms with van der Waals surface area (Å²) in [5.41, 5.74) is 0.432. The van der Waals surface area contributed by atoms with Gasteiger partial charge in [-0.2, -0.15) is 9.57 Å². The van der Waals surface area contributed by atoms with Gasteiger partial charge >= 0.3 is 0 Å². The van der Waals surface area contributed by atoms with E-state index in [1.54, 1.807) is 4.31 Å². The molecule has 0 spiro atoms. The van der Waals surface area contributed by atoms with Crippen molar-refractivity contribution in [2.45, 2.75) is 62.3 Å². The Labute approximate surface area is 161 Å². The van der Waals surface area contributed by atoms with Crippen molar-refractivity contribution < 1.29 is 13.2 Å². The molecule has 1 heterocycles. The Morgan fingerprint density at radius 2 is 1.70 bits per heavy atom. The average molecular weight is 390 g/mol. The van der Waals surface area contributed by atoms with Crippen molar-refractivity contribution in [1.29, 1.82) is 5.26 Å². The molecule has 1 N–H and O–H groups in total. The molecule has 6 nitrogen and oxygen atoms in total. The third kappa shape index (κ3) is 4.50. The lowest BCUT2D eigenvalue weighted by Crippen LogP contribution is -2.51. The predicted molar refractivity (Wildman–Crippen MR) is 102 cm³/mol. The summed E-state index contributed by atoms with van der Waals surface area (Å²) in [6, 6.07) is 7.78. The topological polar surface area (TPSA) is 90.3 Å². The number of rotatable bonds is 2. The minimum atomic E-state index is -3.72. The minimum absolute atomic E-state index is 0.0124. The summed E-state index contributed by atoms with van der Waals surface area (Å²) in [6.07, 6.45) is 7.02. The first-order valence-electron chi connectivity index (χ1n) is 9.84. The Morgan fingerprint density at radius 1 is 1.00 bits per heavy atom. The van der Waals surface area contributed by atoms with Crippen molar-refractivity contribution in [1.82, 2.24) is 9.62 Å². The van der Waals surface area contributed by atoms with Crippen molar-refractivity contribution in [3.63, 3.8) is 0 Å². The summed E-state index contributed by atoms with van der Waals surface area (Å²) in [4.78, 5) is 12.9. The van der Waals surface area contributed by atoms with Gasteiger partial charge < -0.3 is 5.32 Å². The Balaban J connectivity index is 1.96. The lowest BCUT2D eigenvalue weighted by Gasteiger charge is -2.38. The van der Waals surface area contributed by atoms with E-state index in [0.29, 0.717) is 25.1 Å². The van der Waals surface area contributed by atoms with E-state index in [-0.39, 0.29) is 22.8 Å². The van der Waals surface area contributed by atoms with E-state index in [1.807, 2.05) is 6.07 Å². The SMILES string of the molecule is N#Cc1ccc(S(=O)(=O)N2CCCCCCNC(=O)C3CCCCC32)cc1. The Morgan fingerprint density at radius 3 is 2.44 bits per heavy atom. The van der Waals surface area contributed by atoms with Crippen LogP contribution < -0.4 is 5.32 Å². The van der Waals surface area contributed by atoms with Gasteiger partial charge in [-0.05, 0) is 49.9 Å². The van der Waals surface area contributed by atoms with Crippen molar-refractivity contribution >= 4 is 15.9 Å². The Hall–Kier alpha value is -1.91. The maximum atomic E-state index is 13.4. The van der Waals surface area contributed by atoms with E-state index in [4.69, 9.17) is 5.26 Å². The normalized spacial score (nSPS) is 25.5. The fourth-order valence-electron chi connectivity index (χ4n) is 4.15. The summed E-state index contributed by atoms with van der Waals surface area (Å²) in [5.74, 6) is -0.299. The lowest BCUT2D eigenvalue weighted by molar-refractivity contribution is -0.127. The number of sulfonamides is 1. The molecule has 2 fully saturated rings. The number of fused-ring (bicyclic) bond motifs is 1. The second-order valence-electron chi connectivity index (χ2n) is 7.42. The van der Waals surface area contributed by atoms with E-state index in [2.05, 4.69) is 5.32 Å². The third-order valence-corrected chi connectivity index (χ3v) is 7.57. The van der Waals surface area contributed by atoms with Gasteiger partial charge in [-0.15, -0.1) is 0 Å². The van der Waals surface area contributed by atoms with Gasteiger partial charge in [0.1, 0.15) is 0 Å². The van der Waals surface area contributed by atoms with E-state index >= 15 is 0 Å². The summed E-state index contributed by atoms with van der Waals surface area (Å²) in [6.45, 7) is 1.11. The Kier molecular flexibility index (Phi) is 6.51. The first-order valence-corrected chi connectivity index (χ1v) is 11.3. The summed E-state index contributed by atoms with van der Waals surface area (Å²) < 4.78 is 28.4. The van der Waals surface area contributed by atoms with Gasteiger partial charge in [-0.3, -0.25) is 4.79 Å². The lowest BCUT2D eigenvalue weighted by atomic mass is 9.83.